The number of aromatic nitrogens is 1. The number of hydrogen-bond donors (Lipinski definition) is 0. The quantitative estimate of drug-likeness (QED) is 0.817. The number of pyridine rings is 1. The Morgan fingerprint density at radius 1 is 1.07 bits per heavy atom. The van der Waals surface area contributed by atoms with Crippen LogP contribution in [-0.2, 0) is 4.79 Å². The normalized spacial score (nSPS) is 26.9. The summed E-state index contributed by atoms with van der Waals surface area (Å²) in [5, 5.41) is 8.80. The third kappa shape index (κ3) is 4.24. The van der Waals surface area contributed by atoms with Crippen molar-refractivity contribution < 1.29 is 9.53 Å². The van der Waals surface area contributed by atoms with Gasteiger partial charge in [-0.2, -0.15) is 5.26 Å². The van der Waals surface area contributed by atoms with Crippen LogP contribution in [0.3, 0.4) is 0 Å². The molecule has 1 saturated heterocycles. The number of carbonyl (C=O) groups excluding carboxylic acids is 1. The fourth-order valence-electron chi connectivity index (χ4n) is 4.45. The smallest absolute Gasteiger partial charge is 0.225 e. The predicted molar refractivity (Wildman–Crippen MR) is 101 cm³/mol. The van der Waals surface area contributed by atoms with Crippen LogP contribution in [0.2, 0.25) is 0 Å². The van der Waals surface area contributed by atoms with Crippen molar-refractivity contribution >= 4 is 5.91 Å². The first-order valence-corrected chi connectivity index (χ1v) is 10.3. The zero-order valence-electron chi connectivity index (χ0n) is 15.8. The minimum atomic E-state index is 0.138. The standard InChI is InChI=1S/C21H28N4O2/c22-14-17-6-9-20(15-23-17)27-19-7-4-16(5-8-19)21(26)25-12-10-24(11-13-25)18-2-1-3-18/h6,9,15-16,18-19H,1-5,7-8,10-13H2. The van der Waals surface area contributed by atoms with E-state index in [1.807, 2.05) is 6.07 Å². The summed E-state index contributed by atoms with van der Waals surface area (Å²) in [5.74, 6) is 1.21. The minimum Gasteiger partial charge on any atom is -0.489 e. The van der Waals surface area contributed by atoms with Crippen molar-refractivity contribution in [3.8, 4) is 11.8 Å². The predicted octanol–water partition coefficient (Wildman–Crippen LogP) is 2.59. The molecule has 2 aliphatic carbocycles. The fourth-order valence-corrected chi connectivity index (χ4v) is 4.45. The molecule has 3 fully saturated rings. The third-order valence-corrected chi connectivity index (χ3v) is 6.39. The topological polar surface area (TPSA) is 69.5 Å². The zero-order chi connectivity index (χ0) is 18.6. The Morgan fingerprint density at radius 3 is 2.37 bits per heavy atom. The summed E-state index contributed by atoms with van der Waals surface area (Å²) in [4.78, 5) is 21.6. The van der Waals surface area contributed by atoms with Gasteiger partial charge in [-0.05, 0) is 50.7 Å². The van der Waals surface area contributed by atoms with Gasteiger partial charge in [-0.25, -0.2) is 4.98 Å². The number of piperazine rings is 1. The molecule has 0 atom stereocenters. The van der Waals surface area contributed by atoms with Gasteiger partial charge in [0.25, 0.3) is 0 Å². The summed E-state index contributed by atoms with van der Waals surface area (Å²) in [6.45, 7) is 3.87. The molecule has 0 radical (unpaired) electrons. The van der Waals surface area contributed by atoms with Gasteiger partial charge in [0.15, 0.2) is 0 Å². The second-order valence-electron chi connectivity index (χ2n) is 8.03. The fraction of sp³-hybridized carbons (Fsp3) is 0.667. The first kappa shape index (κ1) is 18.2. The molecule has 6 nitrogen and oxygen atoms in total. The Balaban J connectivity index is 1.21. The van der Waals surface area contributed by atoms with Gasteiger partial charge in [0.2, 0.25) is 5.91 Å². The number of amides is 1. The average Bonchev–Trinajstić information content (AvgIpc) is 2.68. The van der Waals surface area contributed by atoms with E-state index in [2.05, 4.69) is 14.8 Å². The van der Waals surface area contributed by atoms with E-state index in [1.165, 1.54) is 19.3 Å². The van der Waals surface area contributed by atoms with Gasteiger partial charge >= 0.3 is 0 Å². The largest absolute Gasteiger partial charge is 0.489 e. The van der Waals surface area contributed by atoms with Crippen molar-refractivity contribution in [3.05, 3.63) is 24.0 Å². The van der Waals surface area contributed by atoms with E-state index in [-0.39, 0.29) is 12.0 Å². The molecule has 0 bridgehead atoms. The van der Waals surface area contributed by atoms with E-state index in [1.54, 1.807) is 18.3 Å². The van der Waals surface area contributed by atoms with Crippen molar-refractivity contribution in [1.82, 2.24) is 14.8 Å². The molecular weight excluding hydrogens is 340 g/mol. The third-order valence-electron chi connectivity index (χ3n) is 6.39. The highest BCUT2D eigenvalue weighted by Crippen LogP contribution is 2.30. The van der Waals surface area contributed by atoms with E-state index < -0.39 is 0 Å². The molecule has 2 heterocycles. The van der Waals surface area contributed by atoms with E-state index >= 15 is 0 Å². The lowest BCUT2D eigenvalue weighted by atomic mass is 9.86. The number of ether oxygens (including phenoxy) is 1. The molecule has 0 unspecified atom stereocenters. The highest BCUT2D eigenvalue weighted by Gasteiger charge is 2.33. The highest BCUT2D eigenvalue weighted by atomic mass is 16.5. The van der Waals surface area contributed by atoms with Crippen molar-refractivity contribution in [1.29, 1.82) is 5.26 Å². The van der Waals surface area contributed by atoms with Crippen LogP contribution < -0.4 is 4.74 Å². The highest BCUT2D eigenvalue weighted by molar-refractivity contribution is 5.79. The molecule has 0 aromatic carbocycles. The van der Waals surface area contributed by atoms with Gasteiger partial charge in [-0.15, -0.1) is 0 Å². The molecule has 1 aromatic heterocycles. The summed E-state index contributed by atoms with van der Waals surface area (Å²) in [7, 11) is 0. The maximum atomic E-state index is 12.9. The Labute approximate surface area is 161 Å². The molecule has 1 aromatic rings. The molecule has 27 heavy (non-hydrogen) atoms. The Hall–Kier alpha value is -2.13. The van der Waals surface area contributed by atoms with Gasteiger partial charge in [-0.3, -0.25) is 9.69 Å². The SMILES string of the molecule is N#Cc1ccc(OC2CCC(C(=O)N3CCN(C4CCC4)CC3)CC2)cn1. The monoisotopic (exact) mass is 368 g/mol. The van der Waals surface area contributed by atoms with Crippen LogP contribution in [0, 0.1) is 17.2 Å². The van der Waals surface area contributed by atoms with E-state index in [0.29, 0.717) is 17.4 Å². The lowest BCUT2D eigenvalue weighted by Crippen LogP contribution is -2.54. The number of rotatable bonds is 4. The Kier molecular flexibility index (Phi) is 5.58. The second kappa shape index (κ2) is 8.26. The van der Waals surface area contributed by atoms with Crippen LogP contribution in [0.4, 0.5) is 0 Å². The molecule has 1 amide bonds. The van der Waals surface area contributed by atoms with Gasteiger partial charge in [0.1, 0.15) is 17.5 Å². The van der Waals surface area contributed by atoms with Crippen molar-refractivity contribution in [2.75, 3.05) is 26.2 Å². The molecule has 1 aliphatic heterocycles. The molecule has 4 rings (SSSR count). The number of nitriles is 1. The summed E-state index contributed by atoms with van der Waals surface area (Å²) in [6.07, 6.45) is 9.40. The van der Waals surface area contributed by atoms with E-state index in [0.717, 1.165) is 57.9 Å². The number of carbonyl (C=O) groups is 1. The Bertz CT molecular complexity index is 679. The van der Waals surface area contributed by atoms with E-state index in [9.17, 15) is 4.79 Å². The molecule has 0 spiro atoms. The number of hydrogen-bond acceptors (Lipinski definition) is 5. The number of nitrogens with zero attached hydrogens (tertiary/aromatic N) is 4. The van der Waals surface area contributed by atoms with Gasteiger partial charge in [-0.1, -0.05) is 6.42 Å². The summed E-state index contributed by atoms with van der Waals surface area (Å²) in [5.41, 5.74) is 0.397. The lowest BCUT2D eigenvalue weighted by molar-refractivity contribution is -0.139. The van der Waals surface area contributed by atoms with Crippen LogP contribution in [0.25, 0.3) is 0 Å². The van der Waals surface area contributed by atoms with Crippen molar-refractivity contribution in [2.45, 2.75) is 57.1 Å². The maximum Gasteiger partial charge on any atom is 0.225 e. The minimum absolute atomic E-state index is 0.138. The van der Waals surface area contributed by atoms with E-state index in [4.69, 9.17) is 10.00 Å². The molecular formula is C21H28N4O2. The van der Waals surface area contributed by atoms with Crippen LogP contribution in [0.5, 0.6) is 5.75 Å². The molecule has 2 saturated carbocycles. The molecule has 6 heteroatoms. The van der Waals surface area contributed by atoms with Crippen LogP contribution >= 0.6 is 0 Å². The maximum absolute atomic E-state index is 12.9. The lowest BCUT2D eigenvalue weighted by Gasteiger charge is -2.43. The van der Waals surface area contributed by atoms with Gasteiger partial charge in [0.05, 0.1) is 12.3 Å². The molecule has 3 aliphatic rings. The first-order chi connectivity index (χ1) is 13.2. The van der Waals surface area contributed by atoms with Crippen LogP contribution in [0.15, 0.2) is 18.3 Å². The second-order valence-corrected chi connectivity index (χ2v) is 8.03. The van der Waals surface area contributed by atoms with Gasteiger partial charge in [0, 0.05) is 38.1 Å². The zero-order valence-corrected chi connectivity index (χ0v) is 15.8. The van der Waals surface area contributed by atoms with Crippen molar-refractivity contribution in [2.24, 2.45) is 5.92 Å². The molecule has 144 valence electrons. The van der Waals surface area contributed by atoms with Gasteiger partial charge < -0.3 is 9.64 Å². The van der Waals surface area contributed by atoms with Crippen LogP contribution in [-0.4, -0.2) is 59.0 Å². The Morgan fingerprint density at radius 2 is 1.81 bits per heavy atom. The summed E-state index contributed by atoms with van der Waals surface area (Å²) < 4.78 is 5.98. The van der Waals surface area contributed by atoms with Crippen LogP contribution in [0.1, 0.15) is 50.6 Å². The molecule has 0 N–H and O–H groups in total. The van der Waals surface area contributed by atoms with Crippen molar-refractivity contribution in [3.63, 3.8) is 0 Å². The average molecular weight is 368 g/mol. The first-order valence-electron chi connectivity index (χ1n) is 10.3. The summed E-state index contributed by atoms with van der Waals surface area (Å²) >= 11 is 0. The summed E-state index contributed by atoms with van der Waals surface area (Å²) in [6, 6.07) is 6.26.